The molecule has 8 nitrogen and oxygen atoms in total. The van der Waals surface area contributed by atoms with Crippen molar-refractivity contribution >= 4 is 23.3 Å². The Morgan fingerprint density at radius 3 is 2.65 bits per heavy atom. The maximum Gasteiger partial charge on any atom is 0.268 e. The molecule has 0 saturated carbocycles. The molecule has 3 aliphatic rings. The Bertz CT molecular complexity index is 1290. The van der Waals surface area contributed by atoms with Crippen LogP contribution in [0.3, 0.4) is 0 Å². The van der Waals surface area contributed by atoms with Crippen LogP contribution in [-0.4, -0.2) is 66.3 Å². The molecule has 5 rings (SSSR count). The van der Waals surface area contributed by atoms with Gasteiger partial charge in [-0.3, -0.25) is 14.4 Å². The van der Waals surface area contributed by atoms with Crippen molar-refractivity contribution in [1.82, 2.24) is 15.2 Å². The van der Waals surface area contributed by atoms with Crippen molar-refractivity contribution in [3.63, 3.8) is 0 Å². The summed E-state index contributed by atoms with van der Waals surface area (Å²) >= 11 is 0. The number of piperidine rings is 1. The third-order valence-corrected chi connectivity index (χ3v) is 8.79. The zero-order valence-electron chi connectivity index (χ0n) is 24.7. The van der Waals surface area contributed by atoms with Gasteiger partial charge in [0.2, 0.25) is 5.91 Å². The summed E-state index contributed by atoms with van der Waals surface area (Å²) in [6.07, 6.45) is 6.41. The average molecular weight is 549 g/mol. The van der Waals surface area contributed by atoms with Gasteiger partial charge in [-0.05, 0) is 69.2 Å². The largest absolute Gasteiger partial charge is 0.490 e. The molecule has 8 heteroatoms. The molecule has 2 amide bonds. The second kappa shape index (κ2) is 11.4. The van der Waals surface area contributed by atoms with E-state index in [1.54, 1.807) is 0 Å². The highest BCUT2D eigenvalue weighted by Gasteiger charge is 2.37. The number of nitrogens with zero attached hydrogens (tertiary/aromatic N) is 2. The van der Waals surface area contributed by atoms with Crippen molar-refractivity contribution in [2.75, 3.05) is 31.6 Å². The highest BCUT2D eigenvalue weighted by Crippen LogP contribution is 2.38. The van der Waals surface area contributed by atoms with Crippen molar-refractivity contribution in [2.24, 2.45) is 5.41 Å². The summed E-state index contributed by atoms with van der Waals surface area (Å²) in [4.78, 5) is 47.7. The Morgan fingerprint density at radius 2 is 1.93 bits per heavy atom. The van der Waals surface area contributed by atoms with E-state index in [0.717, 1.165) is 67.9 Å². The minimum absolute atomic E-state index is 0.0737. The molecule has 2 N–H and O–H groups in total. The molecule has 1 aliphatic carbocycles. The van der Waals surface area contributed by atoms with Crippen LogP contribution in [-0.2, 0) is 17.6 Å². The van der Waals surface area contributed by atoms with Gasteiger partial charge in [0.1, 0.15) is 23.6 Å². The predicted molar refractivity (Wildman–Crippen MR) is 156 cm³/mol. The van der Waals surface area contributed by atoms with Crippen LogP contribution in [0.4, 0.5) is 5.69 Å². The first-order valence-corrected chi connectivity index (χ1v) is 14.9. The van der Waals surface area contributed by atoms with Gasteiger partial charge in [0.25, 0.3) is 5.91 Å². The summed E-state index contributed by atoms with van der Waals surface area (Å²) in [6.45, 7) is 10.7. The first-order valence-electron chi connectivity index (χ1n) is 14.9. The number of ketones is 1. The van der Waals surface area contributed by atoms with E-state index in [9.17, 15) is 14.4 Å². The van der Waals surface area contributed by atoms with Crippen LogP contribution in [0.2, 0.25) is 0 Å². The summed E-state index contributed by atoms with van der Waals surface area (Å²) in [5, 5.41) is 3.04. The van der Waals surface area contributed by atoms with E-state index >= 15 is 0 Å². The maximum absolute atomic E-state index is 13.9. The molecular formula is C32H44N4O4. The summed E-state index contributed by atoms with van der Waals surface area (Å²) in [5.41, 5.74) is 4.35. The number of fused-ring (bicyclic) bond motifs is 2. The summed E-state index contributed by atoms with van der Waals surface area (Å²) in [6, 6.07) is 5.31. The number of anilines is 1. The van der Waals surface area contributed by atoms with E-state index in [1.165, 1.54) is 0 Å². The van der Waals surface area contributed by atoms with Gasteiger partial charge in [0.05, 0.1) is 5.69 Å². The number of hydrogen-bond donors (Lipinski definition) is 2. The number of hydrogen-bond acceptors (Lipinski definition) is 5. The number of aromatic nitrogens is 1. The average Bonchev–Trinajstić information content (AvgIpc) is 3.48. The van der Waals surface area contributed by atoms with Gasteiger partial charge in [-0.15, -0.1) is 0 Å². The van der Waals surface area contributed by atoms with Gasteiger partial charge in [0, 0.05) is 42.9 Å². The summed E-state index contributed by atoms with van der Waals surface area (Å²) < 4.78 is 6.43. The number of rotatable bonds is 8. The quantitative estimate of drug-likeness (QED) is 0.493. The number of Topliss-reactive ketones (excluding diaryl/α,β-unsaturated/α-hetero) is 1. The van der Waals surface area contributed by atoms with Crippen LogP contribution >= 0.6 is 0 Å². The van der Waals surface area contributed by atoms with E-state index in [-0.39, 0.29) is 29.1 Å². The minimum Gasteiger partial charge on any atom is -0.490 e. The number of H-pyrrole nitrogens is 1. The van der Waals surface area contributed by atoms with Crippen molar-refractivity contribution in [2.45, 2.75) is 91.2 Å². The smallest absolute Gasteiger partial charge is 0.268 e. The van der Waals surface area contributed by atoms with Gasteiger partial charge >= 0.3 is 0 Å². The lowest BCUT2D eigenvalue weighted by Gasteiger charge is -2.30. The van der Waals surface area contributed by atoms with Gasteiger partial charge in [-0.2, -0.15) is 0 Å². The lowest BCUT2D eigenvalue weighted by molar-refractivity contribution is -0.120. The summed E-state index contributed by atoms with van der Waals surface area (Å²) in [7, 11) is 2.14. The highest BCUT2D eigenvalue weighted by molar-refractivity contribution is 6.06. The molecule has 1 aromatic heterocycles. The van der Waals surface area contributed by atoms with Crippen molar-refractivity contribution in [3.05, 3.63) is 46.3 Å². The van der Waals surface area contributed by atoms with Crippen molar-refractivity contribution in [1.29, 1.82) is 0 Å². The second-order valence-corrected chi connectivity index (χ2v) is 12.7. The Balaban J connectivity index is 1.34. The Hall–Kier alpha value is -3.13. The number of aromatic amines is 1. The van der Waals surface area contributed by atoms with E-state index in [0.29, 0.717) is 42.6 Å². The minimum atomic E-state index is -0.649. The molecule has 1 fully saturated rings. The molecule has 1 atom stereocenters. The fraction of sp³-hybridized carbons (Fsp3) is 0.594. The molecule has 2 aromatic rings. The van der Waals surface area contributed by atoms with Crippen LogP contribution in [0.1, 0.15) is 97.0 Å². The highest BCUT2D eigenvalue weighted by atomic mass is 16.5. The van der Waals surface area contributed by atoms with E-state index in [4.69, 9.17) is 4.74 Å². The first kappa shape index (κ1) is 28.4. The lowest BCUT2D eigenvalue weighted by atomic mass is 9.75. The fourth-order valence-corrected chi connectivity index (χ4v) is 6.57. The third kappa shape index (κ3) is 5.69. The Morgan fingerprint density at radius 1 is 1.18 bits per heavy atom. The molecule has 0 radical (unpaired) electrons. The van der Waals surface area contributed by atoms with Gasteiger partial charge in [-0.1, -0.05) is 39.7 Å². The van der Waals surface area contributed by atoms with Crippen LogP contribution in [0.5, 0.6) is 5.75 Å². The Labute approximate surface area is 237 Å². The van der Waals surface area contributed by atoms with E-state index in [2.05, 4.69) is 43.0 Å². The standard InChI is InChI=1S/C32H44N4O4/c1-6-7-9-23(34-30(38)29-20(2)28-24(33-29)18-32(3,4)19-26(28)37)31(39)36-17-14-22-25(36)10-8-11-27(22)40-21-12-15-35(5)16-13-21/h8,10-11,21,23,33H,6-7,9,12-19H2,1-5H3,(H,34,38)/t23-/m0/s1. The van der Waals surface area contributed by atoms with Gasteiger partial charge < -0.3 is 24.8 Å². The van der Waals surface area contributed by atoms with Crippen LogP contribution in [0.15, 0.2) is 18.2 Å². The summed E-state index contributed by atoms with van der Waals surface area (Å²) in [5.74, 6) is 0.523. The molecule has 0 spiro atoms. The third-order valence-electron chi connectivity index (χ3n) is 8.79. The van der Waals surface area contributed by atoms with Gasteiger partial charge in [-0.25, -0.2) is 0 Å². The molecule has 0 bridgehead atoms. The molecule has 216 valence electrons. The second-order valence-electron chi connectivity index (χ2n) is 12.7. The number of carbonyl (C=O) groups excluding carboxylic acids is 3. The van der Waals surface area contributed by atoms with E-state index < -0.39 is 6.04 Å². The number of benzene rings is 1. The number of unbranched alkanes of at least 4 members (excludes halogenated alkanes) is 1. The molecule has 3 heterocycles. The van der Waals surface area contributed by atoms with Crippen molar-refractivity contribution < 1.29 is 19.1 Å². The maximum atomic E-state index is 13.9. The number of ether oxygens (including phenoxy) is 1. The molecule has 1 aromatic carbocycles. The predicted octanol–water partition coefficient (Wildman–Crippen LogP) is 4.83. The monoisotopic (exact) mass is 548 g/mol. The van der Waals surface area contributed by atoms with Crippen LogP contribution in [0.25, 0.3) is 0 Å². The van der Waals surface area contributed by atoms with Crippen LogP contribution in [0, 0.1) is 12.3 Å². The van der Waals surface area contributed by atoms with Gasteiger partial charge in [0.15, 0.2) is 5.78 Å². The molecule has 2 aliphatic heterocycles. The van der Waals surface area contributed by atoms with Crippen LogP contribution < -0.4 is 15.0 Å². The Kier molecular flexibility index (Phi) is 8.09. The molecular weight excluding hydrogens is 504 g/mol. The number of carbonyl (C=O) groups is 3. The van der Waals surface area contributed by atoms with E-state index in [1.807, 2.05) is 30.0 Å². The zero-order valence-corrected chi connectivity index (χ0v) is 24.7. The normalized spacial score (nSPS) is 19.7. The zero-order chi connectivity index (χ0) is 28.6. The fourth-order valence-electron chi connectivity index (χ4n) is 6.57. The molecule has 0 unspecified atom stereocenters. The number of likely N-dealkylation sites (tertiary alicyclic amines) is 1. The van der Waals surface area contributed by atoms with Crippen molar-refractivity contribution in [3.8, 4) is 5.75 Å². The molecule has 1 saturated heterocycles. The topological polar surface area (TPSA) is 94.7 Å². The number of nitrogens with one attached hydrogen (secondary N) is 2. The number of amides is 2. The first-order chi connectivity index (χ1) is 19.1. The molecule has 40 heavy (non-hydrogen) atoms. The SMILES string of the molecule is CCCC[C@H](NC(=O)c1[nH]c2c(c1C)C(=O)CC(C)(C)C2)C(=O)N1CCc2c(OC3CCN(C)CC3)cccc21. The lowest BCUT2D eigenvalue weighted by Crippen LogP contribution is -2.48.